The molecule has 0 bridgehead atoms. The van der Waals surface area contributed by atoms with E-state index in [0.717, 1.165) is 26.9 Å². The first-order valence-corrected chi connectivity index (χ1v) is 8.38. The van der Waals surface area contributed by atoms with Crippen LogP contribution < -0.4 is 10.1 Å². The Bertz CT molecular complexity index is 994. The predicted molar refractivity (Wildman–Crippen MR) is 94.4 cm³/mol. The smallest absolute Gasteiger partial charge is 0.214 e. The maximum absolute atomic E-state index is 12.9. The van der Waals surface area contributed by atoms with Crippen molar-refractivity contribution in [1.82, 2.24) is 19.6 Å². The van der Waals surface area contributed by atoms with Crippen molar-refractivity contribution < 1.29 is 9.13 Å². The molecule has 0 radical (unpaired) electrons. The molecular weight excluding hydrogens is 341 g/mol. The zero-order valence-electron chi connectivity index (χ0n) is 13.3. The maximum Gasteiger partial charge on any atom is 0.214 e. The zero-order chi connectivity index (χ0) is 17.2. The van der Waals surface area contributed by atoms with E-state index in [1.165, 1.54) is 23.5 Å². The molecular formula is C17H14FN5OS. The van der Waals surface area contributed by atoms with Gasteiger partial charge in [-0.25, -0.2) is 18.9 Å². The van der Waals surface area contributed by atoms with Crippen LogP contribution in [0.25, 0.3) is 16.2 Å². The van der Waals surface area contributed by atoms with Crippen LogP contribution in [-0.4, -0.2) is 26.7 Å². The van der Waals surface area contributed by atoms with Gasteiger partial charge in [-0.05, 0) is 23.8 Å². The number of halogens is 1. The number of methoxy groups -OCH3 is 1. The van der Waals surface area contributed by atoms with Gasteiger partial charge in [0.1, 0.15) is 5.82 Å². The number of ether oxygens (including phenoxy) is 1. The number of fused-ring (bicyclic) bond motifs is 1. The highest BCUT2D eigenvalue weighted by molar-refractivity contribution is 7.20. The van der Waals surface area contributed by atoms with Gasteiger partial charge >= 0.3 is 0 Å². The molecule has 8 heteroatoms. The van der Waals surface area contributed by atoms with Gasteiger partial charge in [0.25, 0.3) is 0 Å². The third kappa shape index (κ3) is 3.16. The molecule has 0 fully saturated rings. The van der Waals surface area contributed by atoms with E-state index in [2.05, 4.69) is 20.4 Å². The molecule has 0 aliphatic rings. The summed E-state index contributed by atoms with van der Waals surface area (Å²) in [6.07, 6.45) is 3.50. The first kappa shape index (κ1) is 15.5. The molecule has 0 amide bonds. The van der Waals surface area contributed by atoms with Gasteiger partial charge in [0.2, 0.25) is 16.0 Å². The fourth-order valence-electron chi connectivity index (χ4n) is 2.39. The average Bonchev–Trinajstić information content (AvgIpc) is 3.21. The van der Waals surface area contributed by atoms with Crippen LogP contribution in [0.15, 0.2) is 48.8 Å². The number of benzene rings is 1. The Labute approximate surface area is 146 Å². The van der Waals surface area contributed by atoms with E-state index in [-0.39, 0.29) is 5.82 Å². The number of hydrogen-bond acceptors (Lipinski definition) is 6. The molecule has 0 saturated carbocycles. The summed E-state index contributed by atoms with van der Waals surface area (Å²) < 4.78 is 19.8. The van der Waals surface area contributed by atoms with Crippen molar-refractivity contribution in [2.24, 2.45) is 0 Å². The molecule has 3 heterocycles. The Hall–Kier alpha value is -3.00. The standard InChI is InChI=1S/C17H14FN5OS/c1-24-15-7-4-12(9-19-15)14-10-21-17-23(14)22-16(25-17)20-8-11-2-5-13(18)6-3-11/h2-7,9-10H,8H2,1H3,(H,20,22). The minimum atomic E-state index is -0.241. The third-order valence-electron chi connectivity index (χ3n) is 3.68. The van der Waals surface area contributed by atoms with Crippen molar-refractivity contribution in [3.8, 4) is 17.1 Å². The fourth-order valence-corrected chi connectivity index (χ4v) is 3.16. The topological polar surface area (TPSA) is 64.3 Å². The Balaban J connectivity index is 1.56. The zero-order valence-corrected chi connectivity index (χ0v) is 14.1. The molecule has 3 aromatic heterocycles. The van der Waals surface area contributed by atoms with Crippen LogP contribution in [0.4, 0.5) is 9.52 Å². The van der Waals surface area contributed by atoms with Gasteiger partial charge in [0.15, 0.2) is 0 Å². The van der Waals surface area contributed by atoms with E-state index >= 15 is 0 Å². The summed E-state index contributed by atoms with van der Waals surface area (Å²) in [5, 5.41) is 8.54. The van der Waals surface area contributed by atoms with Crippen LogP contribution in [0.3, 0.4) is 0 Å². The van der Waals surface area contributed by atoms with Crippen molar-refractivity contribution in [3.05, 3.63) is 60.2 Å². The summed E-state index contributed by atoms with van der Waals surface area (Å²) in [7, 11) is 1.58. The maximum atomic E-state index is 12.9. The molecule has 1 aromatic carbocycles. The van der Waals surface area contributed by atoms with Gasteiger partial charge in [-0.1, -0.05) is 23.5 Å². The lowest BCUT2D eigenvalue weighted by molar-refractivity contribution is 0.398. The average molecular weight is 355 g/mol. The lowest BCUT2D eigenvalue weighted by Crippen LogP contribution is -2.00. The molecule has 0 atom stereocenters. The fraction of sp³-hybridized carbons (Fsp3) is 0.118. The second-order valence-corrected chi connectivity index (χ2v) is 6.27. The van der Waals surface area contributed by atoms with Crippen molar-refractivity contribution in [2.75, 3.05) is 12.4 Å². The van der Waals surface area contributed by atoms with E-state index in [9.17, 15) is 4.39 Å². The van der Waals surface area contributed by atoms with Gasteiger partial charge in [-0.15, -0.1) is 5.10 Å². The largest absolute Gasteiger partial charge is 0.481 e. The van der Waals surface area contributed by atoms with E-state index in [1.807, 2.05) is 6.07 Å². The third-order valence-corrected chi connectivity index (χ3v) is 4.56. The summed E-state index contributed by atoms with van der Waals surface area (Å²) in [6.45, 7) is 0.566. The van der Waals surface area contributed by atoms with Gasteiger partial charge in [0, 0.05) is 24.4 Å². The highest BCUT2D eigenvalue weighted by Gasteiger charge is 2.12. The number of rotatable bonds is 5. The monoisotopic (exact) mass is 355 g/mol. The van der Waals surface area contributed by atoms with Gasteiger partial charge in [0.05, 0.1) is 19.0 Å². The molecule has 4 rings (SSSR count). The molecule has 1 N–H and O–H groups in total. The second kappa shape index (κ2) is 6.48. The van der Waals surface area contributed by atoms with Gasteiger partial charge < -0.3 is 10.1 Å². The summed E-state index contributed by atoms with van der Waals surface area (Å²) in [5.41, 5.74) is 2.74. The molecule has 0 spiro atoms. The number of imidazole rings is 1. The van der Waals surface area contributed by atoms with E-state index < -0.39 is 0 Å². The van der Waals surface area contributed by atoms with Crippen molar-refractivity contribution in [1.29, 1.82) is 0 Å². The Morgan fingerprint density at radius 3 is 2.68 bits per heavy atom. The molecule has 0 saturated heterocycles. The minimum Gasteiger partial charge on any atom is -0.481 e. The number of nitrogens with one attached hydrogen (secondary N) is 1. The number of aromatic nitrogens is 4. The van der Waals surface area contributed by atoms with E-state index in [4.69, 9.17) is 4.74 Å². The van der Waals surface area contributed by atoms with Crippen molar-refractivity contribution >= 4 is 21.4 Å². The van der Waals surface area contributed by atoms with Crippen LogP contribution in [0, 0.1) is 5.82 Å². The Kier molecular flexibility index (Phi) is 4.02. The van der Waals surface area contributed by atoms with Crippen molar-refractivity contribution in [2.45, 2.75) is 6.54 Å². The predicted octanol–water partition coefficient (Wildman–Crippen LogP) is 3.61. The molecule has 0 unspecified atom stereocenters. The number of hydrogen-bond donors (Lipinski definition) is 1. The molecule has 4 aromatic rings. The first-order chi connectivity index (χ1) is 12.2. The van der Waals surface area contributed by atoms with Crippen LogP contribution in [0.2, 0.25) is 0 Å². The SMILES string of the molecule is COc1ccc(-c2cnc3sc(NCc4ccc(F)cc4)nn23)cn1. The molecule has 0 aliphatic heterocycles. The normalized spacial score (nSPS) is 11.0. The summed E-state index contributed by atoms with van der Waals surface area (Å²) in [6, 6.07) is 10.1. The van der Waals surface area contributed by atoms with Crippen LogP contribution >= 0.6 is 11.3 Å². The molecule has 126 valence electrons. The highest BCUT2D eigenvalue weighted by atomic mass is 32.1. The second-order valence-electron chi connectivity index (χ2n) is 5.31. The molecule has 6 nitrogen and oxygen atoms in total. The molecule has 0 aliphatic carbocycles. The number of anilines is 1. The minimum absolute atomic E-state index is 0.241. The lowest BCUT2D eigenvalue weighted by atomic mass is 10.2. The van der Waals surface area contributed by atoms with E-state index in [1.54, 1.807) is 42.2 Å². The van der Waals surface area contributed by atoms with Crippen LogP contribution in [-0.2, 0) is 6.54 Å². The quantitative estimate of drug-likeness (QED) is 0.592. The van der Waals surface area contributed by atoms with Gasteiger partial charge in [-0.3, -0.25) is 0 Å². The van der Waals surface area contributed by atoms with Gasteiger partial charge in [-0.2, -0.15) is 0 Å². The molecule has 25 heavy (non-hydrogen) atoms. The van der Waals surface area contributed by atoms with Crippen LogP contribution in [0.1, 0.15) is 5.56 Å². The summed E-state index contributed by atoms with van der Waals surface area (Å²) >= 11 is 1.45. The van der Waals surface area contributed by atoms with Crippen molar-refractivity contribution in [3.63, 3.8) is 0 Å². The number of pyridine rings is 1. The first-order valence-electron chi connectivity index (χ1n) is 7.56. The highest BCUT2D eigenvalue weighted by Crippen LogP contribution is 2.26. The van der Waals surface area contributed by atoms with Crippen LogP contribution in [0.5, 0.6) is 5.88 Å². The summed E-state index contributed by atoms with van der Waals surface area (Å²) in [4.78, 5) is 9.40. The Morgan fingerprint density at radius 1 is 1.12 bits per heavy atom. The van der Waals surface area contributed by atoms with E-state index in [0.29, 0.717) is 12.4 Å². The summed E-state index contributed by atoms with van der Waals surface area (Å²) in [5.74, 6) is 0.318. The number of nitrogens with zero attached hydrogens (tertiary/aromatic N) is 4. The Morgan fingerprint density at radius 2 is 1.96 bits per heavy atom. The lowest BCUT2D eigenvalue weighted by Gasteiger charge is -2.02.